The van der Waals surface area contributed by atoms with Crippen molar-refractivity contribution in [2.24, 2.45) is 0 Å². The Bertz CT molecular complexity index is 1710. The Hall–Kier alpha value is -4.72. The number of amides is 4. The Morgan fingerprint density at radius 1 is 0.821 bits per heavy atom. The second-order valence-electron chi connectivity index (χ2n) is 14.7. The molecule has 5 rings (SSSR count). The average Bonchev–Trinajstić information content (AvgIpc) is 3.75. The van der Waals surface area contributed by atoms with Crippen molar-refractivity contribution in [2.75, 3.05) is 44.9 Å². The summed E-state index contributed by atoms with van der Waals surface area (Å²) >= 11 is 1.95. The third-order valence-electron chi connectivity index (χ3n) is 10.2. The smallest absolute Gasteiger partial charge is 0.315 e. The summed E-state index contributed by atoms with van der Waals surface area (Å²) in [6, 6.07) is 12.1. The number of hydrogen-bond donors (Lipinski definition) is 2. The number of benzene rings is 1. The van der Waals surface area contributed by atoms with Crippen molar-refractivity contribution in [3.8, 4) is 22.8 Å². The van der Waals surface area contributed by atoms with Gasteiger partial charge in [-0.3, -0.25) is 24.4 Å². The molecule has 0 spiro atoms. The summed E-state index contributed by atoms with van der Waals surface area (Å²) in [4.78, 5) is 64.3. The number of rotatable bonds is 20. The number of urea groups is 1. The van der Waals surface area contributed by atoms with E-state index < -0.39 is 0 Å². The van der Waals surface area contributed by atoms with E-state index in [1.807, 2.05) is 60.1 Å². The molecule has 14 heteroatoms. The highest BCUT2D eigenvalue weighted by Crippen LogP contribution is 2.33. The Morgan fingerprint density at radius 3 is 2.20 bits per heavy atom. The highest BCUT2D eigenvalue weighted by molar-refractivity contribution is 8.00. The van der Waals surface area contributed by atoms with Gasteiger partial charge in [0, 0.05) is 83.7 Å². The lowest BCUT2D eigenvalue weighted by molar-refractivity contribution is -0.128. The maximum absolute atomic E-state index is 11.8. The predicted molar refractivity (Wildman–Crippen MR) is 223 cm³/mol. The summed E-state index contributed by atoms with van der Waals surface area (Å²) in [6.07, 6.45) is 15.8. The second-order valence-corrected chi connectivity index (χ2v) is 16.0. The number of carbonyl (C=O) groups excluding carboxylic acids is 4. The summed E-state index contributed by atoms with van der Waals surface area (Å²) in [7, 11) is 5.42. The largest absolute Gasteiger partial charge is 0.437 e. The number of thioether (sulfide) groups is 1. The van der Waals surface area contributed by atoms with E-state index in [0.29, 0.717) is 60.2 Å². The van der Waals surface area contributed by atoms with Crippen LogP contribution < -0.4 is 20.3 Å². The van der Waals surface area contributed by atoms with Crippen LogP contribution in [0.4, 0.5) is 10.6 Å². The van der Waals surface area contributed by atoms with Gasteiger partial charge >= 0.3 is 6.03 Å². The van der Waals surface area contributed by atoms with Gasteiger partial charge in [0.2, 0.25) is 17.7 Å². The van der Waals surface area contributed by atoms with Crippen LogP contribution in [0.25, 0.3) is 11.1 Å². The predicted octanol–water partition coefficient (Wildman–Crippen LogP) is 6.87. The zero-order valence-corrected chi connectivity index (χ0v) is 34.8. The van der Waals surface area contributed by atoms with Crippen LogP contribution in [0, 0.1) is 0 Å². The van der Waals surface area contributed by atoms with Gasteiger partial charge in [-0.1, -0.05) is 57.2 Å². The van der Waals surface area contributed by atoms with Crippen LogP contribution in [0.15, 0.2) is 55.0 Å². The molecule has 2 fully saturated rings. The highest BCUT2D eigenvalue weighted by Gasteiger charge is 2.42. The molecule has 4 amide bonds. The standard InChI is InChI=1S/C25H30N6O3.C17H30N2O2S/c1-18(32)29(3)12-13-30(4)24-15-26-16-25(28-24)34-23-10-7-20(8-11-23)21-6-9-22(27-14-21)17-31(5)19(2)33;1-2-3-4-5-6-9-13(20)10-7-8-11-15-16-14(12-22-15)18-17(21)19-16/h6-11,14-16H,12-13,17H2,1-5H3;14-16H,2-12H2,1H3,(H2,18,19,21). The summed E-state index contributed by atoms with van der Waals surface area (Å²) in [6.45, 7) is 6.98. The molecule has 0 saturated carbocycles. The topological polar surface area (TPSA) is 150 Å². The number of fused-ring (bicyclic) bond motifs is 1. The Kier molecular flexibility index (Phi) is 17.9. The number of Topliss-reactive ketones (excluding diaryl/α,β-unsaturated/α-hetero) is 1. The molecule has 3 unspecified atom stereocenters. The molecule has 2 saturated heterocycles. The number of nitrogens with zero attached hydrogens (tertiary/aromatic N) is 6. The molecule has 2 aliphatic rings. The molecular formula is C42H60N8O5S. The van der Waals surface area contributed by atoms with Crippen molar-refractivity contribution in [1.82, 2.24) is 35.4 Å². The molecule has 4 heterocycles. The van der Waals surface area contributed by atoms with Gasteiger partial charge in [0.1, 0.15) is 11.5 Å². The number of ketones is 1. The number of aromatic nitrogens is 3. The lowest BCUT2D eigenvalue weighted by atomic mass is 10.0. The first-order valence-corrected chi connectivity index (χ1v) is 20.9. The van der Waals surface area contributed by atoms with Crippen molar-refractivity contribution >= 4 is 41.2 Å². The van der Waals surface area contributed by atoms with Gasteiger partial charge in [-0.25, -0.2) is 4.79 Å². The molecule has 56 heavy (non-hydrogen) atoms. The van der Waals surface area contributed by atoms with Gasteiger partial charge in [0.05, 0.1) is 36.7 Å². The van der Waals surface area contributed by atoms with E-state index in [-0.39, 0.29) is 17.8 Å². The number of nitrogens with one attached hydrogen (secondary N) is 2. The first-order chi connectivity index (χ1) is 26.9. The minimum absolute atomic E-state index is 0.00363. The third kappa shape index (κ3) is 14.4. The van der Waals surface area contributed by atoms with Gasteiger partial charge in [-0.2, -0.15) is 16.7 Å². The number of ether oxygens (including phenoxy) is 1. The summed E-state index contributed by atoms with van der Waals surface area (Å²) < 4.78 is 5.89. The monoisotopic (exact) mass is 788 g/mol. The maximum Gasteiger partial charge on any atom is 0.315 e. The lowest BCUT2D eigenvalue weighted by Crippen LogP contribution is -2.36. The van der Waals surface area contributed by atoms with Crippen LogP contribution in [0.5, 0.6) is 11.6 Å². The van der Waals surface area contributed by atoms with Crippen LogP contribution in [0.3, 0.4) is 0 Å². The molecule has 0 radical (unpaired) electrons. The lowest BCUT2D eigenvalue weighted by Gasteiger charge is -2.22. The molecule has 13 nitrogen and oxygen atoms in total. The van der Waals surface area contributed by atoms with Crippen LogP contribution >= 0.6 is 11.8 Å². The van der Waals surface area contributed by atoms with Crippen molar-refractivity contribution in [1.29, 1.82) is 0 Å². The summed E-state index contributed by atoms with van der Waals surface area (Å²) in [5.41, 5.74) is 2.80. The number of likely N-dealkylation sites (N-methyl/N-ethyl adjacent to an activating group) is 2. The minimum Gasteiger partial charge on any atom is -0.437 e. The van der Waals surface area contributed by atoms with E-state index in [1.54, 1.807) is 49.4 Å². The molecule has 3 aromatic rings. The quantitative estimate of drug-likeness (QED) is 0.0918. The zero-order chi connectivity index (χ0) is 40.5. The molecule has 1 aromatic carbocycles. The molecule has 2 aliphatic heterocycles. The number of unbranched alkanes of at least 4 members (excludes halogenated alkanes) is 5. The SMILES string of the molecule is CC(=O)N(C)CCN(C)c1cncc(Oc2ccc(-c3ccc(CN(C)C(C)=O)nc3)cc2)n1.CCCCCCCC(=O)CCCCC1SCC2NC(=O)NC21. The number of carbonyl (C=O) groups is 4. The Labute approximate surface area is 336 Å². The van der Waals surface area contributed by atoms with E-state index in [1.165, 1.54) is 32.6 Å². The molecule has 0 aliphatic carbocycles. The van der Waals surface area contributed by atoms with E-state index >= 15 is 0 Å². The first-order valence-electron chi connectivity index (χ1n) is 19.8. The van der Waals surface area contributed by atoms with Crippen LogP contribution in [-0.2, 0) is 20.9 Å². The van der Waals surface area contributed by atoms with E-state index in [2.05, 4.69) is 32.5 Å². The van der Waals surface area contributed by atoms with Gasteiger partial charge in [-0.15, -0.1) is 0 Å². The minimum atomic E-state index is -0.0152. The fraction of sp³-hybridized carbons (Fsp3) is 0.548. The summed E-state index contributed by atoms with van der Waals surface area (Å²) in [5, 5.41) is 6.51. The Morgan fingerprint density at radius 2 is 1.52 bits per heavy atom. The van der Waals surface area contributed by atoms with Crippen molar-refractivity contribution in [3.63, 3.8) is 0 Å². The average molecular weight is 789 g/mol. The Balaban J connectivity index is 0.000000273. The van der Waals surface area contributed by atoms with Gasteiger partial charge < -0.3 is 30.1 Å². The van der Waals surface area contributed by atoms with Crippen LogP contribution in [0.2, 0.25) is 0 Å². The van der Waals surface area contributed by atoms with E-state index in [4.69, 9.17) is 4.74 Å². The van der Waals surface area contributed by atoms with Crippen LogP contribution in [-0.4, -0.2) is 106 Å². The molecular weight excluding hydrogens is 729 g/mol. The van der Waals surface area contributed by atoms with Gasteiger partial charge in [0.25, 0.3) is 0 Å². The fourth-order valence-electron chi connectivity index (χ4n) is 6.38. The van der Waals surface area contributed by atoms with Crippen molar-refractivity contribution in [3.05, 3.63) is 60.7 Å². The number of hydrogen-bond acceptors (Lipinski definition) is 10. The van der Waals surface area contributed by atoms with Gasteiger partial charge in [-0.05, 0) is 43.0 Å². The van der Waals surface area contributed by atoms with Crippen molar-refractivity contribution in [2.45, 2.75) is 109 Å². The molecule has 2 N–H and O–H groups in total. The fourth-order valence-corrected chi connectivity index (χ4v) is 7.93. The van der Waals surface area contributed by atoms with Crippen molar-refractivity contribution < 1.29 is 23.9 Å². The second kappa shape index (κ2) is 22.7. The first kappa shape index (κ1) is 44.0. The number of anilines is 1. The van der Waals surface area contributed by atoms with E-state index in [9.17, 15) is 19.2 Å². The molecule has 3 atom stereocenters. The van der Waals surface area contributed by atoms with Crippen LogP contribution in [0.1, 0.15) is 90.7 Å². The molecule has 0 bridgehead atoms. The third-order valence-corrected chi connectivity index (χ3v) is 11.7. The molecule has 304 valence electrons. The molecule has 2 aromatic heterocycles. The maximum atomic E-state index is 11.8. The van der Waals surface area contributed by atoms with E-state index in [0.717, 1.165) is 61.1 Å². The highest BCUT2D eigenvalue weighted by atomic mass is 32.2. The summed E-state index contributed by atoms with van der Waals surface area (Å²) in [5.74, 6) is 3.16. The normalized spacial score (nSPS) is 16.8. The van der Waals surface area contributed by atoms with Gasteiger partial charge in [0.15, 0.2) is 5.82 Å². The number of pyridine rings is 1. The zero-order valence-electron chi connectivity index (χ0n) is 34.0.